The first-order valence-electron chi connectivity index (χ1n) is 4.10. The molecule has 1 heteroatoms. The second kappa shape index (κ2) is 4.50. The summed E-state index contributed by atoms with van der Waals surface area (Å²) >= 11 is 0. The molecule has 0 saturated carbocycles. The van der Waals surface area contributed by atoms with Crippen molar-refractivity contribution < 1.29 is 4.79 Å². The van der Waals surface area contributed by atoms with E-state index in [-0.39, 0.29) is 5.78 Å². The standard InChI is InChI=1S/C11H12O/c1-2-3-9-11(12)10-7-5-4-6-8-10/h3-9H,2H2,1H3. The summed E-state index contributed by atoms with van der Waals surface area (Å²) in [6.45, 7) is 2.01. The van der Waals surface area contributed by atoms with Crippen molar-refractivity contribution in [2.75, 3.05) is 0 Å². The van der Waals surface area contributed by atoms with Crippen LogP contribution in [-0.2, 0) is 0 Å². The molecule has 0 bridgehead atoms. The SMILES string of the molecule is CCC=CC(=O)c1ccccc1. The van der Waals surface area contributed by atoms with E-state index in [0.717, 1.165) is 12.0 Å². The van der Waals surface area contributed by atoms with Gasteiger partial charge in [0, 0.05) is 5.56 Å². The van der Waals surface area contributed by atoms with Crippen molar-refractivity contribution in [1.29, 1.82) is 0 Å². The lowest BCUT2D eigenvalue weighted by Gasteiger charge is -1.92. The molecule has 0 atom stereocenters. The van der Waals surface area contributed by atoms with Crippen LogP contribution in [0.1, 0.15) is 23.7 Å². The lowest BCUT2D eigenvalue weighted by molar-refractivity contribution is 0.104. The number of hydrogen-bond acceptors (Lipinski definition) is 1. The molecule has 0 fully saturated rings. The molecule has 1 rings (SSSR count). The van der Waals surface area contributed by atoms with Crippen LogP contribution in [0.5, 0.6) is 0 Å². The van der Waals surface area contributed by atoms with E-state index in [1.807, 2.05) is 43.3 Å². The largest absolute Gasteiger partial charge is 0.289 e. The lowest BCUT2D eigenvalue weighted by Crippen LogP contribution is -1.92. The van der Waals surface area contributed by atoms with Crippen LogP contribution in [0.15, 0.2) is 42.5 Å². The predicted molar refractivity (Wildman–Crippen MR) is 50.2 cm³/mol. The molecule has 0 spiro atoms. The van der Waals surface area contributed by atoms with Crippen molar-refractivity contribution in [1.82, 2.24) is 0 Å². The summed E-state index contributed by atoms with van der Waals surface area (Å²) in [6.07, 6.45) is 4.39. The highest BCUT2D eigenvalue weighted by atomic mass is 16.1. The zero-order valence-electron chi connectivity index (χ0n) is 7.16. The van der Waals surface area contributed by atoms with Crippen LogP contribution in [0.3, 0.4) is 0 Å². The van der Waals surface area contributed by atoms with E-state index in [2.05, 4.69) is 0 Å². The molecule has 1 aromatic rings. The summed E-state index contributed by atoms with van der Waals surface area (Å²) in [5.41, 5.74) is 0.752. The molecular formula is C11H12O. The molecule has 0 aliphatic heterocycles. The average molecular weight is 160 g/mol. The van der Waals surface area contributed by atoms with Gasteiger partial charge in [-0.3, -0.25) is 4.79 Å². The van der Waals surface area contributed by atoms with E-state index < -0.39 is 0 Å². The van der Waals surface area contributed by atoms with Crippen LogP contribution in [0.25, 0.3) is 0 Å². The van der Waals surface area contributed by atoms with Crippen LogP contribution in [0.2, 0.25) is 0 Å². The van der Waals surface area contributed by atoms with Crippen LogP contribution >= 0.6 is 0 Å². The van der Waals surface area contributed by atoms with Gasteiger partial charge in [0.2, 0.25) is 0 Å². The van der Waals surface area contributed by atoms with Gasteiger partial charge in [-0.05, 0) is 12.5 Å². The highest BCUT2D eigenvalue weighted by molar-refractivity contribution is 6.04. The molecule has 0 radical (unpaired) electrons. The molecule has 0 N–H and O–H groups in total. The zero-order valence-corrected chi connectivity index (χ0v) is 7.16. The zero-order chi connectivity index (χ0) is 8.81. The van der Waals surface area contributed by atoms with E-state index in [1.165, 1.54) is 0 Å². The van der Waals surface area contributed by atoms with E-state index in [1.54, 1.807) is 6.08 Å². The second-order valence-electron chi connectivity index (χ2n) is 2.54. The molecule has 62 valence electrons. The van der Waals surface area contributed by atoms with Crippen molar-refractivity contribution in [3.8, 4) is 0 Å². The molecule has 0 unspecified atom stereocenters. The lowest BCUT2D eigenvalue weighted by atomic mass is 10.1. The Morgan fingerprint density at radius 2 is 2.00 bits per heavy atom. The second-order valence-corrected chi connectivity index (χ2v) is 2.54. The van der Waals surface area contributed by atoms with Gasteiger partial charge in [-0.15, -0.1) is 0 Å². The summed E-state index contributed by atoms with van der Waals surface area (Å²) in [7, 11) is 0. The average Bonchev–Trinajstić information content (AvgIpc) is 2.15. The van der Waals surface area contributed by atoms with Gasteiger partial charge in [0.25, 0.3) is 0 Å². The molecule has 0 saturated heterocycles. The summed E-state index contributed by atoms with van der Waals surface area (Å²) < 4.78 is 0. The number of benzene rings is 1. The molecule has 0 heterocycles. The predicted octanol–water partition coefficient (Wildman–Crippen LogP) is 2.84. The summed E-state index contributed by atoms with van der Waals surface area (Å²) in [5.74, 6) is 0.0810. The van der Waals surface area contributed by atoms with Gasteiger partial charge in [0.15, 0.2) is 5.78 Å². The Labute approximate surface area is 72.7 Å². The first-order chi connectivity index (χ1) is 5.84. The van der Waals surface area contributed by atoms with Crippen LogP contribution in [0, 0.1) is 0 Å². The number of allylic oxidation sites excluding steroid dienone is 2. The first kappa shape index (κ1) is 8.72. The quantitative estimate of drug-likeness (QED) is 0.491. The van der Waals surface area contributed by atoms with E-state index in [0.29, 0.717) is 0 Å². The van der Waals surface area contributed by atoms with E-state index in [4.69, 9.17) is 0 Å². The fraction of sp³-hybridized carbons (Fsp3) is 0.182. The van der Waals surface area contributed by atoms with Gasteiger partial charge in [0.1, 0.15) is 0 Å². The Kier molecular flexibility index (Phi) is 3.27. The maximum atomic E-state index is 11.3. The van der Waals surface area contributed by atoms with Gasteiger partial charge in [0.05, 0.1) is 0 Å². The van der Waals surface area contributed by atoms with Crippen molar-refractivity contribution >= 4 is 5.78 Å². The van der Waals surface area contributed by atoms with Crippen LogP contribution in [0.4, 0.5) is 0 Å². The van der Waals surface area contributed by atoms with E-state index in [9.17, 15) is 4.79 Å². The number of ketones is 1. The van der Waals surface area contributed by atoms with Crippen molar-refractivity contribution in [2.45, 2.75) is 13.3 Å². The summed E-state index contributed by atoms with van der Waals surface area (Å²) in [6, 6.07) is 9.28. The Bertz CT molecular complexity index is 272. The van der Waals surface area contributed by atoms with Crippen LogP contribution in [-0.4, -0.2) is 5.78 Å². The van der Waals surface area contributed by atoms with Gasteiger partial charge in [-0.2, -0.15) is 0 Å². The van der Waals surface area contributed by atoms with Gasteiger partial charge in [-0.1, -0.05) is 43.3 Å². The topological polar surface area (TPSA) is 17.1 Å². The normalized spacial score (nSPS) is 10.4. The van der Waals surface area contributed by atoms with Gasteiger partial charge in [-0.25, -0.2) is 0 Å². The first-order valence-corrected chi connectivity index (χ1v) is 4.10. The molecule has 0 aliphatic rings. The van der Waals surface area contributed by atoms with Crippen molar-refractivity contribution in [3.63, 3.8) is 0 Å². The minimum absolute atomic E-state index is 0.0810. The Morgan fingerprint density at radius 1 is 1.33 bits per heavy atom. The van der Waals surface area contributed by atoms with Crippen LogP contribution < -0.4 is 0 Å². The van der Waals surface area contributed by atoms with Gasteiger partial charge < -0.3 is 0 Å². The number of carbonyl (C=O) groups is 1. The summed E-state index contributed by atoms with van der Waals surface area (Å²) in [4.78, 5) is 11.3. The number of rotatable bonds is 3. The Hall–Kier alpha value is -1.37. The Morgan fingerprint density at radius 3 is 2.58 bits per heavy atom. The third-order valence-electron chi connectivity index (χ3n) is 1.56. The van der Waals surface area contributed by atoms with Crippen molar-refractivity contribution in [3.05, 3.63) is 48.0 Å². The third kappa shape index (κ3) is 2.35. The molecule has 12 heavy (non-hydrogen) atoms. The number of carbonyl (C=O) groups excluding carboxylic acids is 1. The minimum Gasteiger partial charge on any atom is -0.289 e. The van der Waals surface area contributed by atoms with E-state index >= 15 is 0 Å². The van der Waals surface area contributed by atoms with Gasteiger partial charge >= 0.3 is 0 Å². The molecule has 0 aliphatic carbocycles. The fourth-order valence-electron chi connectivity index (χ4n) is 0.924. The number of hydrogen-bond donors (Lipinski definition) is 0. The third-order valence-corrected chi connectivity index (χ3v) is 1.56. The Balaban J connectivity index is 2.72. The molecule has 1 nitrogen and oxygen atoms in total. The highest BCUT2D eigenvalue weighted by Crippen LogP contribution is 2.00. The summed E-state index contributed by atoms with van der Waals surface area (Å²) in [5, 5.41) is 0. The highest BCUT2D eigenvalue weighted by Gasteiger charge is 1.97. The molecular weight excluding hydrogens is 148 g/mol. The fourth-order valence-corrected chi connectivity index (χ4v) is 0.924. The molecule has 0 amide bonds. The van der Waals surface area contributed by atoms with Crippen molar-refractivity contribution in [2.24, 2.45) is 0 Å². The maximum Gasteiger partial charge on any atom is 0.185 e. The maximum absolute atomic E-state index is 11.3. The smallest absolute Gasteiger partial charge is 0.185 e. The monoisotopic (exact) mass is 160 g/mol. The minimum atomic E-state index is 0.0810. The molecule has 1 aromatic carbocycles. The molecule has 0 aromatic heterocycles.